The first-order chi connectivity index (χ1) is 5.77. The van der Waals surface area contributed by atoms with Gasteiger partial charge in [0, 0.05) is 6.07 Å². The van der Waals surface area contributed by atoms with Crippen LogP contribution in [0.3, 0.4) is 0 Å². The molecule has 0 saturated heterocycles. The molecule has 1 rings (SSSR count). The van der Waals surface area contributed by atoms with Gasteiger partial charge in [-0.1, -0.05) is 4.68 Å². The van der Waals surface area contributed by atoms with Crippen molar-refractivity contribution in [1.82, 2.24) is 4.68 Å². The molecule has 0 spiro atoms. The van der Waals surface area contributed by atoms with Crippen LogP contribution in [-0.2, 0) is 4.79 Å². The van der Waals surface area contributed by atoms with Crippen molar-refractivity contribution in [3.63, 3.8) is 0 Å². The molecule has 64 valence electrons. The second-order valence-electron chi connectivity index (χ2n) is 1.80. The lowest BCUT2D eigenvalue weighted by molar-refractivity contribution is -0.875. The van der Waals surface area contributed by atoms with Crippen molar-refractivity contribution in [1.29, 1.82) is 0 Å². The van der Waals surface area contributed by atoms with E-state index in [1.165, 1.54) is 18.5 Å². The molecule has 2 N–H and O–H groups in total. The quantitative estimate of drug-likeness (QED) is 0.291. The summed E-state index contributed by atoms with van der Waals surface area (Å²) < 4.78 is 5.42. The molecular formula is C5H6N3O4+. The molecule has 0 atom stereocenters. The molecule has 0 saturated carbocycles. The molecule has 0 radical (unpaired) electrons. The summed E-state index contributed by atoms with van der Waals surface area (Å²) in [5.41, 5.74) is 0. The molecule has 0 aliphatic rings. The van der Waals surface area contributed by atoms with E-state index in [1.807, 2.05) is 0 Å². The van der Waals surface area contributed by atoms with E-state index in [-0.39, 0.29) is 17.2 Å². The fourth-order valence-corrected chi connectivity index (χ4v) is 0.649. The van der Waals surface area contributed by atoms with Gasteiger partial charge in [0.25, 0.3) is 16.7 Å². The van der Waals surface area contributed by atoms with Crippen molar-refractivity contribution in [3.8, 4) is 5.75 Å². The van der Waals surface area contributed by atoms with Gasteiger partial charge >= 0.3 is 0 Å². The molecule has 1 aromatic rings. The third-order valence-electron chi connectivity index (χ3n) is 1.12. The highest BCUT2D eigenvalue weighted by atomic mass is 16.6. The Bertz CT molecular complexity index is 305. The number of hydrogen-bond acceptors (Lipinski definition) is 3. The summed E-state index contributed by atoms with van der Waals surface area (Å²) in [5.74, 6) is 0.229. The molecule has 1 heterocycles. The van der Waals surface area contributed by atoms with Gasteiger partial charge in [-0.3, -0.25) is 4.79 Å². The number of rotatable bonds is 3. The summed E-state index contributed by atoms with van der Waals surface area (Å²) in [4.78, 5) is 10.0. The first-order valence-electron chi connectivity index (χ1n) is 2.90. The van der Waals surface area contributed by atoms with E-state index in [2.05, 4.69) is 10.0 Å². The zero-order valence-corrected chi connectivity index (χ0v) is 5.86. The van der Waals surface area contributed by atoms with Crippen LogP contribution in [0.25, 0.3) is 0 Å². The molecule has 12 heavy (non-hydrogen) atoms. The number of aromatic nitrogens is 1. The van der Waals surface area contributed by atoms with Gasteiger partial charge < -0.3 is 9.94 Å². The summed E-state index contributed by atoms with van der Waals surface area (Å²) in [7, 11) is 0. The minimum Gasteiger partial charge on any atom is -0.427 e. The molecule has 0 bridgehead atoms. The van der Waals surface area contributed by atoms with E-state index in [0.29, 0.717) is 0 Å². The van der Waals surface area contributed by atoms with Crippen LogP contribution >= 0.6 is 0 Å². The zero-order valence-electron chi connectivity index (χ0n) is 5.86. The summed E-state index contributed by atoms with van der Waals surface area (Å²) in [5, 5.41) is 19.3. The van der Waals surface area contributed by atoms with E-state index >= 15 is 0 Å². The fraction of sp³-hybridized carbons (Fsp3) is 0. The Morgan fingerprint density at radius 3 is 3.08 bits per heavy atom. The minimum absolute atomic E-state index is 0.164. The van der Waals surface area contributed by atoms with Gasteiger partial charge in [0.05, 0.1) is 6.20 Å². The SMILES string of the molecule is O=COc1ccn([N+](O)=NO)c1. The molecule has 7 heteroatoms. The maximum absolute atomic E-state index is 9.84. The highest BCUT2D eigenvalue weighted by molar-refractivity contribution is 5.44. The largest absolute Gasteiger partial charge is 0.427 e. The Balaban J connectivity index is 2.83. The van der Waals surface area contributed by atoms with Crippen LogP contribution < -0.4 is 4.74 Å². The molecule has 0 amide bonds. The number of ether oxygens (including phenoxy) is 1. The highest BCUT2D eigenvalue weighted by Gasteiger charge is 2.08. The maximum atomic E-state index is 9.84. The predicted octanol–water partition coefficient (Wildman–Crippen LogP) is 0.0295. The van der Waals surface area contributed by atoms with Crippen LogP contribution in [0, 0.1) is 0 Å². The van der Waals surface area contributed by atoms with E-state index < -0.39 is 0 Å². The standard InChI is InChI=1S/C5H5N3O4/c9-4-12-5-1-2-7(3-5)8(11)6-10/h1-4,11H/p+1. The maximum Gasteiger partial charge on any atom is 0.298 e. The Morgan fingerprint density at radius 1 is 1.75 bits per heavy atom. The van der Waals surface area contributed by atoms with Crippen molar-refractivity contribution < 1.29 is 24.9 Å². The van der Waals surface area contributed by atoms with Gasteiger partial charge in [0.1, 0.15) is 6.20 Å². The number of carbonyl (C=O) groups excluding carboxylic acids is 1. The van der Waals surface area contributed by atoms with Gasteiger partial charge in [-0.25, -0.2) is 5.21 Å². The first kappa shape index (κ1) is 8.05. The van der Waals surface area contributed by atoms with Gasteiger partial charge in [-0.05, 0) is 0 Å². The Morgan fingerprint density at radius 2 is 2.50 bits per heavy atom. The molecule has 1 aromatic heterocycles. The summed E-state index contributed by atoms with van der Waals surface area (Å²) in [6.45, 7) is 0.247. The minimum atomic E-state index is 0.164. The fourth-order valence-electron chi connectivity index (χ4n) is 0.649. The zero-order chi connectivity index (χ0) is 8.97. The molecule has 0 fully saturated rings. The van der Waals surface area contributed by atoms with Crippen molar-refractivity contribution in [2.45, 2.75) is 0 Å². The summed E-state index contributed by atoms with van der Waals surface area (Å²) >= 11 is 0. The smallest absolute Gasteiger partial charge is 0.298 e. The number of nitrogens with zero attached hydrogens (tertiary/aromatic N) is 3. The molecule has 0 unspecified atom stereocenters. The average molecular weight is 172 g/mol. The molecular weight excluding hydrogens is 166 g/mol. The third kappa shape index (κ3) is 1.51. The molecule has 0 aliphatic heterocycles. The lowest BCUT2D eigenvalue weighted by Gasteiger charge is -1.86. The predicted molar refractivity (Wildman–Crippen MR) is 32.8 cm³/mol. The first-order valence-corrected chi connectivity index (χ1v) is 2.90. The molecule has 0 aromatic carbocycles. The highest BCUT2D eigenvalue weighted by Crippen LogP contribution is 2.08. The Kier molecular flexibility index (Phi) is 2.26. The van der Waals surface area contributed by atoms with Gasteiger partial charge in [0.2, 0.25) is 0 Å². The Labute approximate surface area is 66.6 Å². The van der Waals surface area contributed by atoms with Crippen LogP contribution in [0.1, 0.15) is 0 Å². The van der Waals surface area contributed by atoms with Crippen LogP contribution in [0.15, 0.2) is 23.7 Å². The topological polar surface area (TPSA) is 87.1 Å². The number of hydrogen-bond donors (Lipinski definition) is 2. The Hall–Kier alpha value is -2.05. The van der Waals surface area contributed by atoms with Crippen molar-refractivity contribution >= 4 is 6.47 Å². The summed E-state index contributed by atoms with van der Waals surface area (Å²) in [6, 6.07) is 1.41. The van der Waals surface area contributed by atoms with Crippen molar-refractivity contribution in [2.24, 2.45) is 5.28 Å². The van der Waals surface area contributed by atoms with E-state index in [0.717, 1.165) is 4.68 Å². The normalized spacial score (nSPS) is 11.2. The van der Waals surface area contributed by atoms with Crippen LogP contribution in [-0.4, -0.2) is 26.5 Å². The van der Waals surface area contributed by atoms with Crippen LogP contribution in [0.5, 0.6) is 5.75 Å². The second kappa shape index (κ2) is 3.37. The van der Waals surface area contributed by atoms with Crippen molar-refractivity contribution in [3.05, 3.63) is 18.5 Å². The lowest BCUT2D eigenvalue weighted by atomic mass is 10.6. The van der Waals surface area contributed by atoms with Crippen LogP contribution in [0.2, 0.25) is 0 Å². The van der Waals surface area contributed by atoms with Crippen LogP contribution in [0.4, 0.5) is 0 Å². The van der Waals surface area contributed by atoms with E-state index in [1.54, 1.807) is 0 Å². The van der Waals surface area contributed by atoms with Crippen molar-refractivity contribution in [2.75, 3.05) is 0 Å². The third-order valence-corrected chi connectivity index (χ3v) is 1.12. The summed E-state index contributed by atoms with van der Waals surface area (Å²) in [6.07, 6.45) is 2.58. The lowest BCUT2D eigenvalue weighted by Crippen LogP contribution is -2.09. The monoisotopic (exact) mass is 172 g/mol. The van der Waals surface area contributed by atoms with Gasteiger partial charge in [0.15, 0.2) is 5.75 Å². The second-order valence-corrected chi connectivity index (χ2v) is 1.80. The molecule has 0 aliphatic carbocycles. The van der Waals surface area contributed by atoms with Gasteiger partial charge in [-0.2, -0.15) is 0 Å². The van der Waals surface area contributed by atoms with Gasteiger partial charge in [-0.15, -0.1) is 0 Å². The average Bonchev–Trinajstić information content (AvgIpc) is 2.52. The molecule has 7 nitrogen and oxygen atoms in total. The number of carbonyl (C=O) groups is 1. The van der Waals surface area contributed by atoms with E-state index in [4.69, 9.17) is 10.4 Å². The van der Waals surface area contributed by atoms with E-state index in [9.17, 15) is 4.79 Å².